The third-order valence-electron chi connectivity index (χ3n) is 5.21. The largest absolute Gasteiger partial charge is 0.497 e. The minimum atomic E-state index is -0.725. The number of methoxy groups -OCH3 is 1. The first-order valence-electron chi connectivity index (χ1n) is 8.59. The second-order valence-corrected chi connectivity index (χ2v) is 6.69. The number of benzene rings is 1. The molecule has 1 spiro atoms. The Hall–Kier alpha value is -2.34. The number of amides is 1. The zero-order valence-electron chi connectivity index (χ0n) is 14.3. The first-order chi connectivity index (χ1) is 12.1. The second-order valence-electron chi connectivity index (χ2n) is 6.69. The summed E-state index contributed by atoms with van der Waals surface area (Å²) in [5, 5.41) is 0. The molecule has 3 aliphatic rings. The number of hydrogen-bond acceptors (Lipinski definition) is 5. The number of nitrogens with zero attached hydrogens (tertiary/aromatic N) is 1. The molecular weight excluding hydrogens is 322 g/mol. The number of anilines is 1. The molecule has 2 fully saturated rings. The van der Waals surface area contributed by atoms with Crippen LogP contribution in [0, 0.1) is 11.8 Å². The highest BCUT2D eigenvalue weighted by atomic mass is 16.6. The van der Waals surface area contributed by atoms with Gasteiger partial charge in [0.15, 0.2) is 0 Å². The smallest absolute Gasteiger partial charge is 0.312 e. The summed E-state index contributed by atoms with van der Waals surface area (Å²) in [7, 11) is 1.60. The van der Waals surface area contributed by atoms with Crippen LogP contribution in [0.2, 0.25) is 0 Å². The lowest BCUT2D eigenvalue weighted by Crippen LogP contribution is -2.40. The summed E-state index contributed by atoms with van der Waals surface area (Å²) in [5.74, 6) is -0.781. The highest BCUT2D eigenvalue weighted by molar-refractivity contribution is 6.02. The Labute approximate surface area is 146 Å². The quantitative estimate of drug-likeness (QED) is 0.604. The summed E-state index contributed by atoms with van der Waals surface area (Å²) >= 11 is 0. The van der Waals surface area contributed by atoms with Crippen LogP contribution in [0.5, 0.6) is 5.75 Å². The summed E-state index contributed by atoms with van der Waals surface area (Å²) in [4.78, 5) is 27.3. The van der Waals surface area contributed by atoms with E-state index in [1.807, 2.05) is 43.3 Å². The third-order valence-corrected chi connectivity index (χ3v) is 5.21. The van der Waals surface area contributed by atoms with Crippen molar-refractivity contribution >= 4 is 17.6 Å². The molecular formula is C19H21NO5. The van der Waals surface area contributed by atoms with E-state index in [0.29, 0.717) is 13.2 Å². The van der Waals surface area contributed by atoms with E-state index >= 15 is 0 Å². The second kappa shape index (κ2) is 5.88. The van der Waals surface area contributed by atoms with E-state index in [1.54, 1.807) is 12.0 Å². The van der Waals surface area contributed by atoms with Gasteiger partial charge in [0.2, 0.25) is 5.91 Å². The first-order valence-corrected chi connectivity index (χ1v) is 8.59. The van der Waals surface area contributed by atoms with Crippen molar-refractivity contribution in [2.75, 3.05) is 25.2 Å². The highest BCUT2D eigenvalue weighted by Gasteiger charge is 2.67. The van der Waals surface area contributed by atoms with Crippen LogP contribution in [0.15, 0.2) is 36.4 Å². The van der Waals surface area contributed by atoms with Crippen LogP contribution < -0.4 is 9.64 Å². The molecule has 4 atom stereocenters. The monoisotopic (exact) mass is 343 g/mol. The first kappa shape index (κ1) is 16.1. The van der Waals surface area contributed by atoms with E-state index in [1.165, 1.54) is 0 Å². The molecule has 0 radical (unpaired) electrons. The normalized spacial score (nSPS) is 32.2. The van der Waals surface area contributed by atoms with Gasteiger partial charge in [-0.15, -0.1) is 0 Å². The van der Waals surface area contributed by atoms with Gasteiger partial charge in [-0.2, -0.15) is 0 Å². The van der Waals surface area contributed by atoms with E-state index < -0.39 is 17.4 Å². The van der Waals surface area contributed by atoms with Gasteiger partial charge in [-0.05, 0) is 30.7 Å². The van der Waals surface area contributed by atoms with Crippen LogP contribution in [-0.2, 0) is 19.1 Å². The standard InChI is InChI=1S/C19H21NO5/c1-3-10-24-18(22)15-14-8-9-19(25-14)11-20(17(21)16(15)19)12-4-6-13(23-2)7-5-12/h4-9,14-16H,3,10-11H2,1-2H3/t14-,15+,16+,19-/m0/s1. The molecule has 0 aromatic heterocycles. The fourth-order valence-corrected chi connectivity index (χ4v) is 4.05. The Morgan fingerprint density at radius 2 is 2.12 bits per heavy atom. The van der Waals surface area contributed by atoms with Crippen LogP contribution in [0.4, 0.5) is 5.69 Å². The van der Waals surface area contributed by atoms with E-state index in [0.717, 1.165) is 17.9 Å². The van der Waals surface area contributed by atoms with Gasteiger partial charge >= 0.3 is 5.97 Å². The molecule has 3 heterocycles. The lowest BCUT2D eigenvalue weighted by molar-refractivity contribution is -0.152. The van der Waals surface area contributed by atoms with Crippen molar-refractivity contribution in [2.24, 2.45) is 11.8 Å². The van der Waals surface area contributed by atoms with Crippen molar-refractivity contribution in [3.8, 4) is 5.75 Å². The van der Waals surface area contributed by atoms with Gasteiger partial charge in [0.1, 0.15) is 17.3 Å². The molecule has 6 nitrogen and oxygen atoms in total. The average Bonchev–Trinajstić information content (AvgIpc) is 3.28. The summed E-state index contributed by atoms with van der Waals surface area (Å²) in [6.45, 7) is 2.72. The van der Waals surface area contributed by atoms with Crippen molar-refractivity contribution in [2.45, 2.75) is 25.0 Å². The zero-order chi connectivity index (χ0) is 17.6. The van der Waals surface area contributed by atoms with Gasteiger partial charge in [-0.1, -0.05) is 19.1 Å². The van der Waals surface area contributed by atoms with Gasteiger partial charge in [-0.25, -0.2) is 0 Å². The maximum atomic E-state index is 13.1. The van der Waals surface area contributed by atoms with E-state index in [-0.39, 0.29) is 18.0 Å². The average molecular weight is 343 g/mol. The number of fused-ring (bicyclic) bond motifs is 1. The van der Waals surface area contributed by atoms with Crippen molar-refractivity contribution < 1.29 is 23.8 Å². The Morgan fingerprint density at radius 3 is 2.80 bits per heavy atom. The Morgan fingerprint density at radius 1 is 1.36 bits per heavy atom. The lowest BCUT2D eigenvalue weighted by atomic mass is 9.77. The van der Waals surface area contributed by atoms with Gasteiger partial charge in [0, 0.05) is 5.69 Å². The number of carbonyl (C=O) groups excluding carboxylic acids is 2. The summed E-state index contributed by atoms with van der Waals surface area (Å²) in [6.07, 6.45) is 4.21. The van der Waals surface area contributed by atoms with E-state index in [9.17, 15) is 9.59 Å². The van der Waals surface area contributed by atoms with E-state index in [4.69, 9.17) is 14.2 Å². The molecule has 3 aliphatic heterocycles. The number of ether oxygens (including phenoxy) is 3. The van der Waals surface area contributed by atoms with Crippen molar-refractivity contribution in [3.63, 3.8) is 0 Å². The molecule has 4 rings (SSSR count). The molecule has 2 saturated heterocycles. The van der Waals surface area contributed by atoms with Crippen LogP contribution in [-0.4, -0.2) is 43.8 Å². The Bertz CT molecular complexity index is 728. The van der Waals surface area contributed by atoms with E-state index in [2.05, 4.69) is 0 Å². The van der Waals surface area contributed by atoms with Gasteiger partial charge in [0.05, 0.1) is 32.3 Å². The molecule has 0 unspecified atom stereocenters. The van der Waals surface area contributed by atoms with Crippen LogP contribution in [0.3, 0.4) is 0 Å². The molecule has 1 amide bonds. The summed E-state index contributed by atoms with van der Waals surface area (Å²) in [6, 6.07) is 7.31. The predicted octanol–water partition coefficient (Wildman–Crippen LogP) is 1.93. The van der Waals surface area contributed by atoms with Crippen molar-refractivity contribution in [3.05, 3.63) is 36.4 Å². The summed E-state index contributed by atoms with van der Waals surface area (Å²) < 4.78 is 16.5. The van der Waals surface area contributed by atoms with Crippen molar-refractivity contribution in [1.82, 2.24) is 0 Å². The predicted molar refractivity (Wildman–Crippen MR) is 90.3 cm³/mol. The van der Waals surface area contributed by atoms with Gasteiger partial charge < -0.3 is 19.1 Å². The topological polar surface area (TPSA) is 65.1 Å². The zero-order valence-corrected chi connectivity index (χ0v) is 14.3. The third kappa shape index (κ3) is 2.35. The number of esters is 1. The highest BCUT2D eigenvalue weighted by Crippen LogP contribution is 2.52. The molecule has 1 aromatic carbocycles. The van der Waals surface area contributed by atoms with Crippen LogP contribution in [0.1, 0.15) is 13.3 Å². The molecule has 132 valence electrons. The lowest BCUT2D eigenvalue weighted by Gasteiger charge is -2.22. The fraction of sp³-hybridized carbons (Fsp3) is 0.474. The Kier molecular flexibility index (Phi) is 3.80. The maximum absolute atomic E-state index is 13.1. The molecule has 0 aliphatic carbocycles. The molecule has 6 heteroatoms. The molecule has 0 saturated carbocycles. The van der Waals surface area contributed by atoms with Crippen LogP contribution in [0.25, 0.3) is 0 Å². The van der Waals surface area contributed by atoms with Crippen LogP contribution >= 0.6 is 0 Å². The molecule has 25 heavy (non-hydrogen) atoms. The van der Waals surface area contributed by atoms with Gasteiger partial charge in [-0.3, -0.25) is 9.59 Å². The molecule has 2 bridgehead atoms. The van der Waals surface area contributed by atoms with Crippen molar-refractivity contribution in [1.29, 1.82) is 0 Å². The number of hydrogen-bond donors (Lipinski definition) is 0. The minimum absolute atomic E-state index is 0.0875. The fourth-order valence-electron chi connectivity index (χ4n) is 4.05. The van der Waals surface area contributed by atoms with Gasteiger partial charge in [0.25, 0.3) is 0 Å². The minimum Gasteiger partial charge on any atom is -0.497 e. The Balaban J connectivity index is 1.61. The molecule has 0 N–H and O–H groups in total. The number of carbonyl (C=O) groups is 2. The number of rotatable bonds is 5. The maximum Gasteiger partial charge on any atom is 0.312 e. The molecule has 1 aromatic rings. The SMILES string of the molecule is CCCOC(=O)[C@@H]1[C@@H]2C=C[C@@]3(CN(c4ccc(OC)cc4)C(=O)[C@@H]13)O2. The summed E-state index contributed by atoms with van der Waals surface area (Å²) in [5.41, 5.74) is 0.0492.